The van der Waals surface area contributed by atoms with Crippen LogP contribution in [-0.4, -0.2) is 9.97 Å². The Morgan fingerprint density at radius 2 is 2.40 bits per heavy atom. The third-order valence-corrected chi connectivity index (χ3v) is 4.85. The standard InChI is InChI=1S/C15H16N4S/c1-2-9-3-4-12-10(5-9)14(13-7-18-8-20-13)11(6-16)15(17)19-12/h7-9H,2-5H2,1H3,(H2,17,19). The molecule has 1 aliphatic rings. The second-order valence-corrected chi connectivity index (χ2v) is 6.05. The lowest BCUT2D eigenvalue weighted by molar-refractivity contribution is 0.441. The molecule has 0 bridgehead atoms. The van der Waals surface area contributed by atoms with E-state index in [1.807, 2.05) is 6.20 Å². The van der Waals surface area contributed by atoms with Crippen LogP contribution in [-0.2, 0) is 12.8 Å². The average Bonchev–Trinajstić information content (AvgIpc) is 2.99. The fourth-order valence-electron chi connectivity index (χ4n) is 2.92. The zero-order valence-electron chi connectivity index (χ0n) is 11.4. The first-order valence-electron chi connectivity index (χ1n) is 6.84. The molecule has 0 aromatic carbocycles. The highest BCUT2D eigenvalue weighted by molar-refractivity contribution is 7.13. The number of fused-ring (bicyclic) bond motifs is 1. The van der Waals surface area contributed by atoms with Crippen molar-refractivity contribution >= 4 is 17.2 Å². The first kappa shape index (κ1) is 13.1. The van der Waals surface area contributed by atoms with Gasteiger partial charge in [0.15, 0.2) is 0 Å². The van der Waals surface area contributed by atoms with E-state index in [0.29, 0.717) is 17.3 Å². The molecule has 1 unspecified atom stereocenters. The van der Waals surface area contributed by atoms with Gasteiger partial charge in [0.1, 0.15) is 17.5 Å². The summed E-state index contributed by atoms with van der Waals surface area (Å²) in [6, 6.07) is 2.23. The minimum Gasteiger partial charge on any atom is -0.383 e. The summed E-state index contributed by atoms with van der Waals surface area (Å²) in [5, 5.41) is 9.44. The molecular weight excluding hydrogens is 268 g/mol. The molecule has 0 fully saturated rings. The number of aryl methyl sites for hydroxylation is 1. The molecule has 2 aromatic rings. The van der Waals surface area contributed by atoms with Crippen molar-refractivity contribution in [2.75, 3.05) is 5.73 Å². The van der Waals surface area contributed by atoms with Gasteiger partial charge in [-0.1, -0.05) is 13.3 Å². The average molecular weight is 284 g/mol. The van der Waals surface area contributed by atoms with E-state index in [-0.39, 0.29) is 0 Å². The van der Waals surface area contributed by atoms with Crippen LogP contribution in [0.5, 0.6) is 0 Å². The molecule has 5 heteroatoms. The molecule has 2 N–H and O–H groups in total. The fourth-order valence-corrected chi connectivity index (χ4v) is 3.62. The van der Waals surface area contributed by atoms with Gasteiger partial charge in [-0.25, -0.2) is 4.98 Å². The number of nitrogens with zero attached hydrogens (tertiary/aromatic N) is 3. The Bertz CT molecular complexity index is 670. The van der Waals surface area contributed by atoms with Crippen LogP contribution in [0.3, 0.4) is 0 Å². The number of pyridine rings is 1. The van der Waals surface area contributed by atoms with Crippen molar-refractivity contribution in [3.8, 4) is 16.5 Å². The van der Waals surface area contributed by atoms with E-state index in [2.05, 4.69) is 23.0 Å². The summed E-state index contributed by atoms with van der Waals surface area (Å²) in [5.41, 5.74) is 11.5. The van der Waals surface area contributed by atoms with Crippen molar-refractivity contribution < 1.29 is 0 Å². The first-order valence-corrected chi connectivity index (χ1v) is 7.72. The summed E-state index contributed by atoms with van der Waals surface area (Å²) in [6.45, 7) is 2.22. The number of aromatic nitrogens is 2. The molecule has 0 saturated carbocycles. The maximum absolute atomic E-state index is 9.44. The second kappa shape index (κ2) is 5.22. The number of anilines is 1. The predicted molar refractivity (Wildman–Crippen MR) is 80.3 cm³/mol. The summed E-state index contributed by atoms with van der Waals surface area (Å²) in [5.74, 6) is 1.02. The Morgan fingerprint density at radius 1 is 1.55 bits per heavy atom. The quantitative estimate of drug-likeness (QED) is 0.919. The van der Waals surface area contributed by atoms with Crippen LogP contribution < -0.4 is 5.73 Å². The van der Waals surface area contributed by atoms with Crippen LogP contribution in [0, 0.1) is 17.2 Å². The van der Waals surface area contributed by atoms with E-state index >= 15 is 0 Å². The Hall–Kier alpha value is -1.93. The van der Waals surface area contributed by atoms with Gasteiger partial charge in [-0.2, -0.15) is 5.26 Å². The van der Waals surface area contributed by atoms with Crippen LogP contribution in [0.15, 0.2) is 11.7 Å². The van der Waals surface area contributed by atoms with E-state index < -0.39 is 0 Å². The lowest BCUT2D eigenvalue weighted by atomic mass is 9.81. The molecule has 2 aromatic heterocycles. The molecule has 0 saturated heterocycles. The van der Waals surface area contributed by atoms with Gasteiger partial charge in [-0.05, 0) is 30.7 Å². The largest absolute Gasteiger partial charge is 0.383 e. The maximum atomic E-state index is 9.44. The fraction of sp³-hybridized carbons (Fsp3) is 0.400. The predicted octanol–water partition coefficient (Wildman–Crippen LogP) is 3.17. The van der Waals surface area contributed by atoms with Gasteiger partial charge in [0.2, 0.25) is 0 Å². The summed E-state index contributed by atoms with van der Waals surface area (Å²) in [7, 11) is 0. The number of nitriles is 1. The van der Waals surface area contributed by atoms with Crippen molar-refractivity contribution in [3.63, 3.8) is 0 Å². The van der Waals surface area contributed by atoms with Gasteiger partial charge in [-0.15, -0.1) is 11.3 Å². The maximum Gasteiger partial charge on any atom is 0.142 e. The van der Waals surface area contributed by atoms with E-state index in [1.54, 1.807) is 16.8 Å². The van der Waals surface area contributed by atoms with Crippen molar-refractivity contribution in [1.29, 1.82) is 5.26 Å². The molecule has 4 nitrogen and oxygen atoms in total. The Balaban J connectivity index is 2.24. The van der Waals surface area contributed by atoms with E-state index in [1.165, 1.54) is 5.56 Å². The third-order valence-electron chi connectivity index (χ3n) is 4.06. The molecule has 0 amide bonds. The van der Waals surface area contributed by atoms with Crippen LogP contribution in [0.2, 0.25) is 0 Å². The molecule has 3 rings (SSSR count). The number of hydrogen-bond acceptors (Lipinski definition) is 5. The normalized spacial score (nSPS) is 17.5. The molecular formula is C15H16N4S. The van der Waals surface area contributed by atoms with Gasteiger partial charge < -0.3 is 5.73 Å². The number of hydrogen-bond donors (Lipinski definition) is 1. The second-order valence-electron chi connectivity index (χ2n) is 5.17. The molecule has 0 aliphatic heterocycles. The topological polar surface area (TPSA) is 75.6 Å². The summed E-state index contributed by atoms with van der Waals surface area (Å²) in [6.07, 6.45) is 6.07. The molecule has 1 atom stereocenters. The molecule has 20 heavy (non-hydrogen) atoms. The highest BCUT2D eigenvalue weighted by Crippen LogP contribution is 2.39. The van der Waals surface area contributed by atoms with Crippen molar-refractivity contribution in [2.45, 2.75) is 32.6 Å². The first-order chi connectivity index (χ1) is 9.74. The molecule has 1 aliphatic carbocycles. The number of nitrogen functional groups attached to an aromatic ring is 1. The zero-order valence-corrected chi connectivity index (χ0v) is 12.2. The molecule has 102 valence electrons. The highest BCUT2D eigenvalue weighted by Gasteiger charge is 2.26. The van der Waals surface area contributed by atoms with Gasteiger partial charge >= 0.3 is 0 Å². The van der Waals surface area contributed by atoms with Gasteiger partial charge in [-0.3, -0.25) is 4.98 Å². The van der Waals surface area contributed by atoms with Crippen molar-refractivity contribution in [1.82, 2.24) is 9.97 Å². The van der Waals surface area contributed by atoms with Crippen molar-refractivity contribution in [3.05, 3.63) is 28.5 Å². The van der Waals surface area contributed by atoms with Crippen molar-refractivity contribution in [2.24, 2.45) is 5.92 Å². The summed E-state index contributed by atoms with van der Waals surface area (Å²) in [4.78, 5) is 9.62. The van der Waals surface area contributed by atoms with Crippen LogP contribution in [0.4, 0.5) is 5.82 Å². The number of thiazole rings is 1. The minimum absolute atomic E-state index is 0.351. The van der Waals surface area contributed by atoms with Crippen LogP contribution >= 0.6 is 11.3 Å². The van der Waals surface area contributed by atoms with E-state index in [4.69, 9.17) is 5.73 Å². The van der Waals surface area contributed by atoms with E-state index in [9.17, 15) is 5.26 Å². The Kier molecular flexibility index (Phi) is 3.41. The number of rotatable bonds is 2. The third kappa shape index (κ3) is 2.06. The molecule has 0 radical (unpaired) electrons. The zero-order chi connectivity index (χ0) is 14.1. The molecule has 2 heterocycles. The van der Waals surface area contributed by atoms with Crippen LogP contribution in [0.1, 0.15) is 36.6 Å². The van der Waals surface area contributed by atoms with Gasteiger partial charge in [0.05, 0.1) is 10.4 Å². The lowest BCUT2D eigenvalue weighted by Crippen LogP contribution is -2.18. The summed E-state index contributed by atoms with van der Waals surface area (Å²) >= 11 is 1.55. The monoisotopic (exact) mass is 284 g/mol. The lowest BCUT2D eigenvalue weighted by Gasteiger charge is -2.25. The SMILES string of the molecule is CCC1CCc2nc(N)c(C#N)c(-c3cncs3)c2C1. The van der Waals surface area contributed by atoms with Crippen LogP contribution in [0.25, 0.3) is 10.4 Å². The van der Waals surface area contributed by atoms with E-state index in [0.717, 1.165) is 41.8 Å². The number of nitrogens with two attached hydrogens (primary N) is 1. The van der Waals surface area contributed by atoms with Gasteiger partial charge in [0, 0.05) is 17.5 Å². The molecule has 0 spiro atoms. The Labute approximate surface area is 122 Å². The minimum atomic E-state index is 0.351. The Morgan fingerprint density at radius 3 is 3.05 bits per heavy atom. The highest BCUT2D eigenvalue weighted by atomic mass is 32.1. The smallest absolute Gasteiger partial charge is 0.142 e. The van der Waals surface area contributed by atoms with Gasteiger partial charge in [0.25, 0.3) is 0 Å². The summed E-state index contributed by atoms with van der Waals surface area (Å²) < 4.78 is 0.